The first-order chi connectivity index (χ1) is 19.6. The highest BCUT2D eigenvalue weighted by atomic mass is 32.3. The van der Waals surface area contributed by atoms with E-state index < -0.39 is 30.5 Å². The molecule has 5 rings (SSSR count). The van der Waals surface area contributed by atoms with Gasteiger partial charge in [-0.1, -0.05) is 71.8 Å². The Morgan fingerprint density at radius 1 is 0.415 bits per heavy atom. The van der Waals surface area contributed by atoms with Gasteiger partial charge in [0, 0.05) is 14.7 Å². The molecule has 0 heterocycles. The third-order valence-electron chi connectivity index (χ3n) is 6.32. The van der Waals surface area contributed by atoms with Gasteiger partial charge in [-0.15, -0.1) is 0 Å². The van der Waals surface area contributed by atoms with Crippen molar-refractivity contribution in [1.82, 2.24) is 0 Å². The zero-order valence-corrected chi connectivity index (χ0v) is 24.8. The smallest absolute Gasteiger partial charge is 0.339 e. The van der Waals surface area contributed by atoms with Crippen molar-refractivity contribution in [3.8, 4) is 5.75 Å². The van der Waals surface area contributed by atoms with E-state index in [2.05, 4.69) is 0 Å². The van der Waals surface area contributed by atoms with Gasteiger partial charge in [0.25, 0.3) is 0 Å². The minimum Gasteiger partial charge on any atom is -0.379 e. The van der Waals surface area contributed by atoms with Crippen LogP contribution in [0, 0.1) is 13.8 Å². The Kier molecular flexibility index (Phi) is 8.06. The van der Waals surface area contributed by atoms with Gasteiger partial charge in [-0.2, -0.15) is 16.8 Å². The van der Waals surface area contributed by atoms with E-state index in [1.54, 1.807) is 12.1 Å². The van der Waals surface area contributed by atoms with E-state index in [1.165, 1.54) is 36.4 Å². The van der Waals surface area contributed by atoms with E-state index in [-0.39, 0.29) is 15.5 Å². The summed E-state index contributed by atoms with van der Waals surface area (Å²) in [7, 11) is -11.2. The molecule has 210 valence electrons. The van der Waals surface area contributed by atoms with Gasteiger partial charge >= 0.3 is 20.2 Å². The minimum atomic E-state index is -4.36. The maximum atomic E-state index is 13.9. The summed E-state index contributed by atoms with van der Waals surface area (Å²) >= 11 is 0. The summed E-state index contributed by atoms with van der Waals surface area (Å²) in [6.45, 7) is 3.81. The molecule has 0 aliphatic rings. The van der Waals surface area contributed by atoms with E-state index in [1.807, 2.05) is 98.8 Å². The Labute approximate surface area is 243 Å². The van der Waals surface area contributed by atoms with E-state index >= 15 is 0 Å². The van der Waals surface area contributed by atoms with Crippen LogP contribution in [0.3, 0.4) is 0 Å². The van der Waals surface area contributed by atoms with Crippen molar-refractivity contribution in [2.75, 3.05) is 0 Å². The average molecular weight is 605 g/mol. The van der Waals surface area contributed by atoms with Crippen LogP contribution in [0.15, 0.2) is 158 Å². The van der Waals surface area contributed by atoms with Gasteiger partial charge in [-0.05, 0) is 97.0 Å². The lowest BCUT2D eigenvalue weighted by Crippen LogP contribution is -2.15. The van der Waals surface area contributed by atoms with Gasteiger partial charge in [-0.3, -0.25) is 0 Å². The highest BCUT2D eigenvalue weighted by molar-refractivity contribution is 8.33. The lowest BCUT2D eigenvalue weighted by Gasteiger charge is -2.39. The second-order valence-corrected chi connectivity index (χ2v) is 15.3. The van der Waals surface area contributed by atoms with Crippen LogP contribution in [0.4, 0.5) is 0 Å². The molecule has 9 heteroatoms. The van der Waals surface area contributed by atoms with Crippen LogP contribution in [0.1, 0.15) is 11.1 Å². The first-order valence-electron chi connectivity index (χ1n) is 12.7. The van der Waals surface area contributed by atoms with Gasteiger partial charge in [0.15, 0.2) is 0 Å². The summed E-state index contributed by atoms with van der Waals surface area (Å²) in [5.74, 6) is -0.0206. The molecule has 0 aliphatic heterocycles. The Balaban J connectivity index is 1.55. The van der Waals surface area contributed by atoms with Crippen molar-refractivity contribution < 1.29 is 24.6 Å². The molecule has 0 radical (unpaired) electrons. The summed E-state index contributed by atoms with van der Waals surface area (Å²) in [6, 6.07) is 37.7. The lowest BCUT2D eigenvalue weighted by molar-refractivity contribution is 0.485. The number of hydrogen-bond acceptors (Lipinski definition) is 6. The molecule has 0 bridgehead atoms. The Bertz CT molecular complexity index is 1800. The fraction of sp³-hybridized carbons (Fsp3) is 0.0625. The average Bonchev–Trinajstić information content (AvgIpc) is 2.98. The van der Waals surface area contributed by atoms with Crippen LogP contribution in [0.2, 0.25) is 0 Å². The van der Waals surface area contributed by atoms with Gasteiger partial charge in [0.05, 0.1) is 4.90 Å². The molecule has 5 aromatic rings. The number of benzene rings is 5. The molecule has 0 fully saturated rings. The standard InChI is InChI=1S/C32H28O6S3/c1-25-13-19-30(20-14-25)39(28-9-5-3-6-10-28,29-11-7-4-8-12-29)38-41(35,36)32-23-17-27(18-24-32)37-40(33,34)31-21-15-26(2)16-22-31/h3-24H,1-2H3. The largest absolute Gasteiger partial charge is 0.379 e. The molecule has 5 aromatic carbocycles. The molecule has 0 spiro atoms. The van der Waals surface area contributed by atoms with Crippen molar-refractivity contribution in [1.29, 1.82) is 0 Å². The normalized spacial score (nSPS) is 12.5. The fourth-order valence-corrected chi connectivity index (χ4v) is 10.3. The van der Waals surface area contributed by atoms with E-state index in [9.17, 15) is 16.8 Å². The highest BCUT2D eigenvalue weighted by Gasteiger charge is 2.38. The van der Waals surface area contributed by atoms with Crippen LogP contribution in [-0.4, -0.2) is 16.8 Å². The zero-order valence-electron chi connectivity index (χ0n) is 22.4. The molecule has 0 aliphatic carbocycles. The first-order valence-corrected chi connectivity index (χ1v) is 17.1. The third-order valence-corrected chi connectivity index (χ3v) is 12.8. The Morgan fingerprint density at radius 2 is 0.780 bits per heavy atom. The van der Waals surface area contributed by atoms with Crippen molar-refractivity contribution in [2.45, 2.75) is 38.3 Å². The predicted molar refractivity (Wildman–Crippen MR) is 160 cm³/mol. The second-order valence-electron chi connectivity index (χ2n) is 9.34. The van der Waals surface area contributed by atoms with Crippen LogP contribution in [-0.2, 0) is 23.9 Å². The van der Waals surface area contributed by atoms with E-state index in [4.69, 9.17) is 7.81 Å². The van der Waals surface area contributed by atoms with Crippen LogP contribution < -0.4 is 4.18 Å². The maximum absolute atomic E-state index is 13.9. The van der Waals surface area contributed by atoms with Gasteiger partial charge in [0.2, 0.25) is 0 Å². The molecule has 6 nitrogen and oxygen atoms in total. The number of aryl methyl sites for hydroxylation is 2. The Morgan fingerprint density at radius 3 is 1.24 bits per heavy atom. The Hall–Kier alpha value is -3.89. The predicted octanol–water partition coefficient (Wildman–Crippen LogP) is 7.67. The lowest BCUT2D eigenvalue weighted by atomic mass is 10.2. The van der Waals surface area contributed by atoms with Crippen molar-refractivity contribution in [3.05, 3.63) is 145 Å². The quantitative estimate of drug-likeness (QED) is 0.161. The summed E-state index contributed by atoms with van der Waals surface area (Å²) in [5.41, 5.74) is 1.94. The van der Waals surface area contributed by atoms with E-state index in [0.29, 0.717) is 14.7 Å². The summed E-state index contributed by atoms with van der Waals surface area (Å²) in [4.78, 5) is 2.01. The molecule has 41 heavy (non-hydrogen) atoms. The topological polar surface area (TPSA) is 86.7 Å². The first kappa shape index (κ1) is 28.6. The minimum absolute atomic E-state index is 0.000310. The van der Waals surface area contributed by atoms with E-state index in [0.717, 1.165) is 11.1 Å². The third kappa shape index (κ3) is 6.08. The number of hydrogen-bond donors (Lipinski definition) is 0. The molecule has 0 aromatic heterocycles. The van der Waals surface area contributed by atoms with Crippen molar-refractivity contribution >= 4 is 30.5 Å². The molecule has 0 saturated heterocycles. The van der Waals surface area contributed by atoms with Crippen LogP contribution >= 0.6 is 10.3 Å². The summed E-state index contributed by atoms with van der Waals surface area (Å²) < 4.78 is 64.9. The summed E-state index contributed by atoms with van der Waals surface area (Å²) in [5, 5.41) is 0. The van der Waals surface area contributed by atoms with Gasteiger partial charge < -0.3 is 4.18 Å². The zero-order chi connectivity index (χ0) is 29.1. The number of rotatable bonds is 9. The van der Waals surface area contributed by atoms with Crippen molar-refractivity contribution in [3.63, 3.8) is 0 Å². The monoisotopic (exact) mass is 604 g/mol. The molecular formula is C32H28O6S3. The SMILES string of the molecule is Cc1ccc(S(OS(=O)(=O)c2ccc(OS(=O)(=O)c3ccc(C)cc3)cc2)(c2ccccc2)c2ccccc2)cc1. The molecular weight excluding hydrogens is 577 g/mol. The molecule has 0 saturated carbocycles. The molecule has 0 N–H and O–H groups in total. The maximum Gasteiger partial charge on any atom is 0.339 e. The van der Waals surface area contributed by atoms with Crippen molar-refractivity contribution in [2.24, 2.45) is 0 Å². The van der Waals surface area contributed by atoms with Gasteiger partial charge in [-0.25, -0.2) is 3.63 Å². The van der Waals surface area contributed by atoms with Crippen LogP contribution in [0.25, 0.3) is 0 Å². The molecule has 0 amide bonds. The molecule has 0 atom stereocenters. The van der Waals surface area contributed by atoms with Gasteiger partial charge in [0.1, 0.15) is 10.6 Å². The van der Waals surface area contributed by atoms with Crippen LogP contribution in [0.5, 0.6) is 5.75 Å². The highest BCUT2D eigenvalue weighted by Crippen LogP contribution is 2.70. The summed E-state index contributed by atoms with van der Waals surface area (Å²) in [6.07, 6.45) is 0. The second kappa shape index (κ2) is 11.5. The molecule has 0 unspecified atom stereocenters. The fourth-order valence-electron chi connectivity index (χ4n) is 4.20.